The number of para-hydroxylation sites is 3. The van der Waals surface area contributed by atoms with E-state index in [0.29, 0.717) is 17.1 Å². The van der Waals surface area contributed by atoms with E-state index in [0.717, 1.165) is 28.4 Å². The Morgan fingerprint density at radius 2 is 1.65 bits per heavy atom. The van der Waals surface area contributed by atoms with Gasteiger partial charge in [-0.05, 0) is 42.5 Å². The molecule has 0 spiro atoms. The smallest absolute Gasteiger partial charge is 0.233 e. The minimum Gasteiger partial charge on any atom is -0.484 e. The Hall–Kier alpha value is -1.59. The summed E-state index contributed by atoms with van der Waals surface area (Å²) in [6.45, 7) is 4.80. The van der Waals surface area contributed by atoms with Crippen molar-refractivity contribution in [2.45, 2.75) is 37.9 Å². The van der Waals surface area contributed by atoms with Crippen molar-refractivity contribution in [3.8, 4) is 5.75 Å². The van der Waals surface area contributed by atoms with Crippen LogP contribution in [0.5, 0.6) is 5.75 Å². The lowest BCUT2D eigenvalue weighted by Crippen LogP contribution is -2.01. The van der Waals surface area contributed by atoms with Gasteiger partial charge < -0.3 is 9.15 Å². The molecule has 3 rings (SSSR count). The van der Waals surface area contributed by atoms with Crippen molar-refractivity contribution < 1.29 is 9.15 Å². The maximum Gasteiger partial charge on any atom is 0.233 e. The average molecular weight is 388 g/mol. The molecule has 0 N–H and O–H groups in total. The first-order chi connectivity index (χ1) is 12.8. The van der Waals surface area contributed by atoms with Gasteiger partial charge in [-0.3, -0.25) is 0 Å². The van der Waals surface area contributed by atoms with Crippen molar-refractivity contribution in [1.82, 2.24) is 4.98 Å². The van der Waals surface area contributed by atoms with Gasteiger partial charge in [0.25, 0.3) is 0 Å². The van der Waals surface area contributed by atoms with Gasteiger partial charge in [-0.2, -0.15) is 0 Å². The molecule has 0 radical (unpaired) electrons. The highest BCUT2D eigenvalue weighted by molar-refractivity contribution is 8.16. The summed E-state index contributed by atoms with van der Waals surface area (Å²) in [4.78, 5) is 4.50. The summed E-state index contributed by atoms with van der Waals surface area (Å²) < 4.78 is 12.3. The monoisotopic (exact) mass is 387 g/mol. The summed E-state index contributed by atoms with van der Waals surface area (Å²) in [6, 6.07) is 16.1. The van der Waals surface area contributed by atoms with Crippen LogP contribution >= 0.6 is 23.5 Å². The zero-order valence-corrected chi connectivity index (χ0v) is 16.9. The van der Waals surface area contributed by atoms with Gasteiger partial charge >= 0.3 is 0 Å². The number of rotatable bonds is 10. The quantitative estimate of drug-likeness (QED) is 0.362. The molecule has 0 saturated heterocycles. The fourth-order valence-corrected chi connectivity index (χ4v) is 5.22. The zero-order chi connectivity index (χ0) is 18.2. The van der Waals surface area contributed by atoms with Crippen LogP contribution in [0, 0.1) is 0 Å². The lowest BCUT2D eigenvalue weighted by molar-refractivity contribution is 0.265. The third kappa shape index (κ3) is 4.98. The normalized spacial score (nSPS) is 11.3. The zero-order valence-electron chi connectivity index (χ0n) is 15.3. The summed E-state index contributed by atoms with van der Waals surface area (Å²) in [5.74, 6) is 3.84. The molecule has 5 heteroatoms. The second-order valence-electron chi connectivity index (χ2n) is 5.98. The Morgan fingerprint density at radius 3 is 2.38 bits per heavy atom. The largest absolute Gasteiger partial charge is 0.484 e. The number of aromatic nitrogens is 1. The Labute approximate surface area is 163 Å². The van der Waals surface area contributed by atoms with Gasteiger partial charge in [-0.15, -0.1) is 23.5 Å². The van der Waals surface area contributed by atoms with Gasteiger partial charge in [0.2, 0.25) is 5.89 Å². The molecule has 0 aliphatic rings. The third-order valence-corrected chi connectivity index (χ3v) is 7.03. The maximum atomic E-state index is 6.11. The molecule has 1 aromatic heterocycles. The Bertz CT molecular complexity index is 777. The van der Waals surface area contributed by atoms with E-state index < -0.39 is 0 Å². The first-order valence-electron chi connectivity index (χ1n) is 9.11. The fraction of sp³-hybridized carbons (Fsp3) is 0.381. The Balaban J connectivity index is 1.74. The Morgan fingerprint density at radius 1 is 0.962 bits per heavy atom. The van der Waals surface area contributed by atoms with E-state index in [1.54, 1.807) is 0 Å². The van der Waals surface area contributed by atoms with E-state index in [1.165, 1.54) is 18.4 Å². The van der Waals surface area contributed by atoms with E-state index in [-0.39, 0.29) is 0 Å². The van der Waals surface area contributed by atoms with Crippen LogP contribution < -0.4 is 4.74 Å². The van der Waals surface area contributed by atoms with Gasteiger partial charge in [0.1, 0.15) is 11.3 Å². The molecule has 2 aromatic carbocycles. The van der Waals surface area contributed by atoms with Gasteiger partial charge in [-0.25, -0.2) is 4.98 Å². The highest BCUT2D eigenvalue weighted by Crippen LogP contribution is 2.44. The summed E-state index contributed by atoms with van der Waals surface area (Å²) >= 11 is 4.00. The second kappa shape index (κ2) is 9.93. The van der Waals surface area contributed by atoms with E-state index in [2.05, 4.69) is 31.0 Å². The molecule has 0 fully saturated rings. The molecule has 0 saturated carbocycles. The van der Waals surface area contributed by atoms with Crippen LogP contribution in [0.3, 0.4) is 0 Å². The number of benzene rings is 2. The van der Waals surface area contributed by atoms with Crippen LogP contribution in [-0.2, 0) is 6.61 Å². The molecule has 0 atom stereocenters. The summed E-state index contributed by atoms with van der Waals surface area (Å²) in [6.07, 6.45) is 2.36. The lowest BCUT2D eigenvalue weighted by Gasteiger charge is -2.19. The van der Waals surface area contributed by atoms with Crippen molar-refractivity contribution in [3.63, 3.8) is 0 Å². The lowest BCUT2D eigenvalue weighted by atomic mass is 10.2. The van der Waals surface area contributed by atoms with Crippen LogP contribution in [0.1, 0.15) is 42.7 Å². The van der Waals surface area contributed by atoms with Crippen molar-refractivity contribution in [2.75, 3.05) is 11.5 Å². The van der Waals surface area contributed by atoms with Crippen LogP contribution in [-0.4, -0.2) is 16.5 Å². The van der Waals surface area contributed by atoms with Crippen LogP contribution in [0.25, 0.3) is 11.1 Å². The first kappa shape index (κ1) is 19.2. The topological polar surface area (TPSA) is 35.3 Å². The predicted octanol–water partition coefficient (Wildman–Crippen LogP) is 6.69. The van der Waals surface area contributed by atoms with Crippen molar-refractivity contribution >= 4 is 34.6 Å². The predicted molar refractivity (Wildman–Crippen MR) is 113 cm³/mol. The van der Waals surface area contributed by atoms with E-state index in [9.17, 15) is 0 Å². The highest BCUT2D eigenvalue weighted by atomic mass is 32.2. The molecule has 0 aliphatic heterocycles. The van der Waals surface area contributed by atoms with Crippen LogP contribution in [0.15, 0.2) is 52.9 Å². The molecule has 0 bridgehead atoms. The van der Waals surface area contributed by atoms with Crippen LogP contribution in [0.4, 0.5) is 0 Å². The summed E-state index contributed by atoms with van der Waals surface area (Å²) in [5.41, 5.74) is 2.92. The fourth-order valence-electron chi connectivity index (χ4n) is 2.61. The summed E-state index contributed by atoms with van der Waals surface area (Å²) in [7, 11) is 0. The van der Waals surface area contributed by atoms with Gasteiger partial charge in [0, 0.05) is 5.56 Å². The van der Waals surface area contributed by atoms with Gasteiger partial charge in [0.15, 0.2) is 12.2 Å². The standard InChI is InChI=1S/C21H25NO2S2/c1-3-13-25-21(26-14-4-2)16-9-5-7-11-18(16)23-15-20-22-17-10-6-8-12-19(17)24-20/h5-12,21H,3-4,13-15H2,1-2H3. The molecule has 3 nitrogen and oxygen atoms in total. The van der Waals surface area contributed by atoms with Crippen molar-refractivity contribution in [1.29, 1.82) is 0 Å². The minimum absolute atomic E-state index is 0.343. The average Bonchev–Trinajstić information content (AvgIpc) is 3.10. The summed E-state index contributed by atoms with van der Waals surface area (Å²) in [5, 5.41) is 0. The highest BCUT2D eigenvalue weighted by Gasteiger charge is 2.17. The SMILES string of the molecule is CCCSC(SCCC)c1ccccc1OCc1nc2ccccc2o1. The van der Waals surface area contributed by atoms with Crippen molar-refractivity contribution in [3.05, 3.63) is 60.0 Å². The number of hydrogen-bond acceptors (Lipinski definition) is 5. The van der Waals surface area contributed by atoms with Gasteiger partial charge in [0.05, 0.1) is 4.58 Å². The number of ether oxygens (including phenoxy) is 1. The van der Waals surface area contributed by atoms with E-state index in [4.69, 9.17) is 9.15 Å². The number of thioether (sulfide) groups is 2. The second-order valence-corrected chi connectivity index (χ2v) is 8.70. The maximum absolute atomic E-state index is 6.11. The molecular formula is C21H25NO2S2. The van der Waals surface area contributed by atoms with E-state index >= 15 is 0 Å². The van der Waals surface area contributed by atoms with Gasteiger partial charge in [-0.1, -0.05) is 44.2 Å². The van der Waals surface area contributed by atoms with Crippen LogP contribution in [0.2, 0.25) is 0 Å². The third-order valence-electron chi connectivity index (χ3n) is 3.81. The Kier molecular flexibility index (Phi) is 7.32. The van der Waals surface area contributed by atoms with E-state index in [1.807, 2.05) is 59.9 Å². The number of fused-ring (bicyclic) bond motifs is 1. The van der Waals surface area contributed by atoms with Crippen molar-refractivity contribution in [2.24, 2.45) is 0 Å². The number of oxazole rings is 1. The molecule has 26 heavy (non-hydrogen) atoms. The number of hydrogen-bond donors (Lipinski definition) is 0. The molecule has 0 amide bonds. The minimum atomic E-state index is 0.343. The molecule has 3 aromatic rings. The molecular weight excluding hydrogens is 362 g/mol. The molecule has 138 valence electrons. The molecule has 1 heterocycles. The molecule has 0 unspecified atom stereocenters. The molecule has 0 aliphatic carbocycles. The first-order valence-corrected chi connectivity index (χ1v) is 11.2. The number of nitrogens with zero attached hydrogens (tertiary/aromatic N) is 1.